The van der Waals surface area contributed by atoms with E-state index in [1.165, 1.54) is 25.7 Å². The Hall–Kier alpha value is 0.350. The second-order valence-electron chi connectivity index (χ2n) is 2.47. The smallest absolute Gasteiger partial charge is 0.0130 e. The highest BCUT2D eigenvalue weighted by Crippen LogP contribution is 2.45. The molecule has 1 aliphatic carbocycles. The van der Waals surface area contributed by atoms with Crippen LogP contribution in [-0.2, 0) is 0 Å². The number of hydrogen-bond donors (Lipinski definition) is 1. The van der Waals surface area contributed by atoms with Gasteiger partial charge in [0.1, 0.15) is 0 Å². The van der Waals surface area contributed by atoms with Gasteiger partial charge in [0.2, 0.25) is 0 Å². The lowest BCUT2D eigenvalue weighted by atomic mass is 10.2. The fourth-order valence-corrected chi connectivity index (χ4v) is 1.20. The van der Waals surface area contributed by atoms with Crippen molar-refractivity contribution in [3.8, 4) is 0 Å². The third kappa shape index (κ3) is 1.37. The van der Waals surface area contributed by atoms with Crippen molar-refractivity contribution in [3.05, 3.63) is 0 Å². The van der Waals surface area contributed by atoms with Gasteiger partial charge < -0.3 is 0 Å². The van der Waals surface area contributed by atoms with Crippen LogP contribution in [0.4, 0.5) is 0 Å². The van der Waals surface area contributed by atoms with Crippen molar-refractivity contribution >= 4 is 12.6 Å². The van der Waals surface area contributed by atoms with Crippen molar-refractivity contribution in [3.63, 3.8) is 0 Å². The lowest BCUT2D eigenvalue weighted by molar-refractivity contribution is 0.753. The molecule has 1 fully saturated rings. The molecule has 0 aromatic heterocycles. The van der Waals surface area contributed by atoms with Gasteiger partial charge in [0.25, 0.3) is 0 Å². The summed E-state index contributed by atoms with van der Waals surface area (Å²) in [4.78, 5) is 0. The molecule has 0 atom stereocenters. The lowest BCUT2D eigenvalue weighted by Gasteiger charge is -2.00. The molecule has 42 valence electrons. The molecule has 0 radical (unpaired) electrons. The van der Waals surface area contributed by atoms with Gasteiger partial charge in [0.15, 0.2) is 0 Å². The summed E-state index contributed by atoms with van der Waals surface area (Å²) in [5, 5.41) is 0. The van der Waals surface area contributed by atoms with E-state index in [4.69, 9.17) is 0 Å². The third-order valence-electron chi connectivity index (χ3n) is 1.54. The van der Waals surface area contributed by atoms with Gasteiger partial charge in [-0.3, -0.25) is 0 Å². The monoisotopic (exact) mass is 116 g/mol. The lowest BCUT2D eigenvalue weighted by Crippen LogP contribution is -1.93. The maximum atomic E-state index is 4.45. The summed E-state index contributed by atoms with van der Waals surface area (Å²) in [5.74, 6) is 0. The first-order valence-electron chi connectivity index (χ1n) is 2.99. The standard InChI is InChI=1S/C6H12S/c1-2-3-6(7)4-5-6/h7H,2-5H2,1H3. The Labute approximate surface area is 50.7 Å². The Morgan fingerprint density at radius 2 is 2.14 bits per heavy atom. The van der Waals surface area contributed by atoms with Crippen LogP contribution in [0.15, 0.2) is 0 Å². The van der Waals surface area contributed by atoms with Gasteiger partial charge in [-0.25, -0.2) is 0 Å². The van der Waals surface area contributed by atoms with Crippen LogP contribution in [-0.4, -0.2) is 4.75 Å². The Balaban J connectivity index is 2.13. The SMILES string of the molecule is CCCC1(S)CC1. The van der Waals surface area contributed by atoms with E-state index in [1.54, 1.807) is 0 Å². The number of hydrogen-bond acceptors (Lipinski definition) is 1. The van der Waals surface area contributed by atoms with Gasteiger partial charge in [-0.15, -0.1) is 0 Å². The Morgan fingerprint density at radius 1 is 1.57 bits per heavy atom. The second kappa shape index (κ2) is 1.70. The van der Waals surface area contributed by atoms with E-state index in [0.717, 1.165) is 0 Å². The summed E-state index contributed by atoms with van der Waals surface area (Å²) >= 11 is 4.45. The normalized spacial score (nSPS) is 24.9. The Morgan fingerprint density at radius 3 is 2.29 bits per heavy atom. The van der Waals surface area contributed by atoms with Crippen molar-refractivity contribution in [2.24, 2.45) is 0 Å². The van der Waals surface area contributed by atoms with E-state index in [1.807, 2.05) is 0 Å². The van der Waals surface area contributed by atoms with Gasteiger partial charge in [0, 0.05) is 4.75 Å². The van der Waals surface area contributed by atoms with Crippen molar-refractivity contribution in [1.29, 1.82) is 0 Å². The quantitative estimate of drug-likeness (QED) is 0.526. The molecule has 0 nitrogen and oxygen atoms in total. The molecule has 0 aromatic carbocycles. The fraction of sp³-hybridized carbons (Fsp3) is 1.00. The van der Waals surface area contributed by atoms with Gasteiger partial charge in [0.05, 0.1) is 0 Å². The Kier molecular flexibility index (Phi) is 1.33. The van der Waals surface area contributed by atoms with E-state index in [9.17, 15) is 0 Å². The van der Waals surface area contributed by atoms with E-state index in [2.05, 4.69) is 19.6 Å². The van der Waals surface area contributed by atoms with Crippen molar-refractivity contribution in [2.45, 2.75) is 37.4 Å². The first-order chi connectivity index (χ1) is 3.27. The van der Waals surface area contributed by atoms with Crippen LogP contribution in [0.3, 0.4) is 0 Å². The average molecular weight is 116 g/mol. The first-order valence-corrected chi connectivity index (χ1v) is 3.44. The first kappa shape index (κ1) is 5.49. The summed E-state index contributed by atoms with van der Waals surface area (Å²) in [6, 6.07) is 0. The van der Waals surface area contributed by atoms with Gasteiger partial charge >= 0.3 is 0 Å². The zero-order chi connectivity index (χ0) is 5.33. The highest BCUT2D eigenvalue weighted by Gasteiger charge is 2.36. The zero-order valence-corrected chi connectivity index (χ0v) is 5.67. The molecule has 7 heavy (non-hydrogen) atoms. The van der Waals surface area contributed by atoms with Gasteiger partial charge in [-0.05, 0) is 19.3 Å². The van der Waals surface area contributed by atoms with Gasteiger partial charge in [-0.1, -0.05) is 13.3 Å². The summed E-state index contributed by atoms with van der Waals surface area (Å²) in [7, 11) is 0. The maximum absolute atomic E-state index is 4.45. The maximum Gasteiger partial charge on any atom is 0.0130 e. The fourth-order valence-electron chi connectivity index (χ4n) is 0.860. The van der Waals surface area contributed by atoms with E-state index in [0.29, 0.717) is 4.75 Å². The molecule has 0 aliphatic heterocycles. The van der Waals surface area contributed by atoms with Crippen LogP contribution in [0.5, 0.6) is 0 Å². The molecule has 0 amide bonds. The van der Waals surface area contributed by atoms with Crippen LogP contribution < -0.4 is 0 Å². The summed E-state index contributed by atoms with van der Waals surface area (Å²) in [5.41, 5.74) is 0. The number of thiol groups is 1. The van der Waals surface area contributed by atoms with E-state index in [-0.39, 0.29) is 0 Å². The topological polar surface area (TPSA) is 0 Å². The Bertz CT molecular complexity index is 64.6. The molecule has 0 N–H and O–H groups in total. The molecular weight excluding hydrogens is 104 g/mol. The van der Waals surface area contributed by atoms with Crippen LogP contribution in [0.1, 0.15) is 32.6 Å². The van der Waals surface area contributed by atoms with Crippen LogP contribution in [0, 0.1) is 0 Å². The summed E-state index contributed by atoms with van der Waals surface area (Å²) < 4.78 is 0.495. The second-order valence-corrected chi connectivity index (χ2v) is 3.42. The van der Waals surface area contributed by atoms with Gasteiger partial charge in [-0.2, -0.15) is 12.6 Å². The predicted octanol–water partition coefficient (Wildman–Crippen LogP) is 2.25. The van der Waals surface area contributed by atoms with E-state index < -0.39 is 0 Å². The molecule has 0 spiro atoms. The van der Waals surface area contributed by atoms with Crippen molar-refractivity contribution in [1.82, 2.24) is 0 Å². The van der Waals surface area contributed by atoms with Crippen LogP contribution >= 0.6 is 12.6 Å². The van der Waals surface area contributed by atoms with Crippen LogP contribution in [0.2, 0.25) is 0 Å². The van der Waals surface area contributed by atoms with Crippen molar-refractivity contribution in [2.75, 3.05) is 0 Å². The van der Waals surface area contributed by atoms with E-state index >= 15 is 0 Å². The molecule has 1 rings (SSSR count). The summed E-state index contributed by atoms with van der Waals surface area (Å²) in [6.07, 6.45) is 5.31. The highest BCUT2D eigenvalue weighted by atomic mass is 32.1. The van der Waals surface area contributed by atoms with Crippen molar-refractivity contribution < 1.29 is 0 Å². The van der Waals surface area contributed by atoms with Crippen LogP contribution in [0.25, 0.3) is 0 Å². The minimum Gasteiger partial charge on any atom is -0.173 e. The minimum atomic E-state index is 0.495. The predicted molar refractivity (Wildman–Crippen MR) is 35.9 cm³/mol. The molecule has 0 unspecified atom stereocenters. The zero-order valence-electron chi connectivity index (χ0n) is 4.78. The number of rotatable bonds is 2. The molecule has 0 saturated heterocycles. The highest BCUT2D eigenvalue weighted by molar-refractivity contribution is 7.82. The third-order valence-corrected chi connectivity index (χ3v) is 2.21. The largest absolute Gasteiger partial charge is 0.173 e. The minimum absolute atomic E-state index is 0.495. The average Bonchev–Trinajstić information content (AvgIpc) is 2.22. The molecule has 1 saturated carbocycles. The molecule has 1 heteroatoms. The molecule has 0 bridgehead atoms. The summed E-state index contributed by atoms with van der Waals surface area (Å²) in [6.45, 7) is 2.22. The molecule has 1 aliphatic rings. The molecule has 0 heterocycles. The molecular formula is C6H12S. The molecule has 0 aromatic rings.